The molecule has 1 rings (SSSR count). The van der Waals surface area contributed by atoms with Crippen molar-refractivity contribution in [2.75, 3.05) is 0 Å². The summed E-state index contributed by atoms with van der Waals surface area (Å²) < 4.78 is 29.6. The molecule has 0 radical (unpaired) electrons. The van der Waals surface area contributed by atoms with Crippen molar-refractivity contribution in [1.82, 2.24) is 0 Å². The lowest BCUT2D eigenvalue weighted by Gasteiger charge is -2.05. The lowest BCUT2D eigenvalue weighted by molar-refractivity contribution is -0.164. The van der Waals surface area contributed by atoms with Crippen molar-refractivity contribution in [2.45, 2.75) is 13.0 Å². The third kappa shape index (κ3) is 2.77. The van der Waals surface area contributed by atoms with Gasteiger partial charge in [0.25, 0.3) is 6.36 Å². The zero-order valence-corrected chi connectivity index (χ0v) is 7.11. The van der Waals surface area contributed by atoms with Crippen LogP contribution in [0.15, 0.2) is 24.3 Å². The van der Waals surface area contributed by atoms with E-state index in [0.717, 1.165) is 0 Å². The molecule has 0 amide bonds. The average Bonchev–Trinajstić information content (AvgIpc) is 2.16. The highest BCUT2D eigenvalue weighted by Crippen LogP contribution is 2.09. The van der Waals surface area contributed by atoms with E-state index < -0.39 is 24.8 Å². The molecular weight excluding hydrogens is 194 g/mol. The van der Waals surface area contributed by atoms with Crippen molar-refractivity contribution in [2.24, 2.45) is 0 Å². The number of hydrogen-bond donors (Lipinski definition) is 1. The smallest absolute Gasteiger partial charge is 0.366 e. The van der Waals surface area contributed by atoms with Gasteiger partial charge in [0, 0.05) is 5.56 Å². The molecule has 0 bridgehead atoms. The first-order chi connectivity index (χ1) is 6.61. The molecule has 0 saturated heterocycles. The third-order valence-corrected chi connectivity index (χ3v) is 1.54. The van der Waals surface area contributed by atoms with Gasteiger partial charge < -0.3 is 9.84 Å². The van der Waals surface area contributed by atoms with Crippen LogP contribution in [0, 0.1) is 5.82 Å². The number of rotatable bonds is 4. The van der Waals surface area contributed by atoms with Crippen LogP contribution in [0.3, 0.4) is 0 Å². The van der Waals surface area contributed by atoms with E-state index in [4.69, 9.17) is 5.11 Å². The monoisotopic (exact) mass is 202 g/mol. The second-order valence-corrected chi connectivity index (χ2v) is 2.56. The molecule has 76 valence electrons. The lowest BCUT2D eigenvalue weighted by atomic mass is 10.2. The van der Waals surface area contributed by atoms with E-state index in [-0.39, 0.29) is 5.56 Å². The van der Waals surface area contributed by atoms with Gasteiger partial charge in [-0.2, -0.15) is 0 Å². The molecule has 0 spiro atoms. The molecule has 0 aliphatic rings. The van der Waals surface area contributed by atoms with Crippen LogP contribution in [-0.2, 0) is 16.1 Å². The molecule has 0 aliphatic carbocycles. The summed E-state index contributed by atoms with van der Waals surface area (Å²) in [7, 11) is 0. The second kappa shape index (κ2) is 4.66. The van der Waals surface area contributed by atoms with Crippen LogP contribution in [0.4, 0.5) is 8.78 Å². The largest absolute Gasteiger partial charge is 0.477 e. The number of carboxylic acids is 1. The Bertz CT molecular complexity index is 328. The Morgan fingerprint density at radius 1 is 1.50 bits per heavy atom. The van der Waals surface area contributed by atoms with E-state index in [2.05, 4.69) is 4.74 Å². The fraction of sp³-hybridized carbons (Fsp3) is 0.222. The first-order valence-corrected chi connectivity index (χ1v) is 3.83. The van der Waals surface area contributed by atoms with Gasteiger partial charge in [0.15, 0.2) is 0 Å². The van der Waals surface area contributed by atoms with Crippen LogP contribution < -0.4 is 0 Å². The molecule has 1 aromatic rings. The van der Waals surface area contributed by atoms with Crippen molar-refractivity contribution >= 4 is 5.97 Å². The summed E-state index contributed by atoms with van der Waals surface area (Å²) in [5.41, 5.74) is 0.122. The summed E-state index contributed by atoms with van der Waals surface area (Å²) in [5, 5.41) is 8.14. The minimum absolute atomic E-state index is 0.122. The molecule has 14 heavy (non-hydrogen) atoms. The summed E-state index contributed by atoms with van der Waals surface area (Å²) in [6, 6.07) is 5.61. The van der Waals surface area contributed by atoms with Crippen LogP contribution in [0.1, 0.15) is 5.56 Å². The van der Waals surface area contributed by atoms with Gasteiger partial charge in [-0.15, -0.1) is 0 Å². The summed E-state index contributed by atoms with van der Waals surface area (Å²) >= 11 is 0. The Balaban J connectivity index is 2.54. The Labute approximate surface area is 78.9 Å². The maximum absolute atomic E-state index is 12.9. The van der Waals surface area contributed by atoms with Crippen LogP contribution in [-0.4, -0.2) is 17.4 Å². The van der Waals surface area contributed by atoms with Gasteiger partial charge in [0.1, 0.15) is 5.82 Å². The second-order valence-electron chi connectivity index (χ2n) is 2.56. The number of aliphatic carboxylic acids is 1. The van der Waals surface area contributed by atoms with E-state index in [1.807, 2.05) is 0 Å². The van der Waals surface area contributed by atoms with Crippen molar-refractivity contribution in [3.05, 3.63) is 35.6 Å². The number of benzene rings is 1. The standard InChI is InChI=1S/C9H8F2O3/c10-7-4-2-1-3-6(7)5-14-8(11)9(12)13/h1-4,8H,5H2,(H,12,13). The molecule has 0 saturated carbocycles. The maximum atomic E-state index is 12.9. The van der Waals surface area contributed by atoms with Gasteiger partial charge in [-0.3, -0.25) is 0 Å². The topological polar surface area (TPSA) is 46.5 Å². The molecule has 3 nitrogen and oxygen atoms in total. The highest BCUT2D eigenvalue weighted by atomic mass is 19.1. The average molecular weight is 202 g/mol. The van der Waals surface area contributed by atoms with Gasteiger partial charge in [-0.05, 0) is 6.07 Å². The highest BCUT2D eigenvalue weighted by molar-refractivity contribution is 5.70. The van der Waals surface area contributed by atoms with E-state index in [1.165, 1.54) is 18.2 Å². The van der Waals surface area contributed by atoms with Crippen LogP contribution in [0.5, 0.6) is 0 Å². The Morgan fingerprint density at radius 3 is 2.71 bits per heavy atom. The minimum Gasteiger partial charge on any atom is -0.477 e. The number of ether oxygens (including phenoxy) is 1. The SMILES string of the molecule is O=C(O)C(F)OCc1ccccc1F. The fourth-order valence-electron chi connectivity index (χ4n) is 0.850. The van der Waals surface area contributed by atoms with E-state index in [1.54, 1.807) is 6.07 Å². The van der Waals surface area contributed by atoms with E-state index in [0.29, 0.717) is 0 Å². The Kier molecular flexibility index (Phi) is 3.53. The van der Waals surface area contributed by atoms with Gasteiger partial charge in [0.05, 0.1) is 6.61 Å². The Hall–Kier alpha value is -1.49. The molecule has 0 aliphatic heterocycles. The quantitative estimate of drug-likeness (QED) is 0.808. The fourth-order valence-corrected chi connectivity index (χ4v) is 0.850. The van der Waals surface area contributed by atoms with Gasteiger partial charge in [-0.1, -0.05) is 18.2 Å². The number of alkyl halides is 1. The summed E-state index contributed by atoms with van der Waals surface area (Å²) in [5.74, 6) is -2.27. The van der Waals surface area contributed by atoms with Crippen molar-refractivity contribution < 1.29 is 23.4 Å². The Morgan fingerprint density at radius 2 is 2.14 bits per heavy atom. The van der Waals surface area contributed by atoms with Crippen LogP contribution in [0.25, 0.3) is 0 Å². The number of carboxylic acid groups (broad SMARTS) is 1. The zero-order valence-electron chi connectivity index (χ0n) is 7.11. The first kappa shape index (κ1) is 10.6. The molecule has 5 heteroatoms. The molecule has 1 aromatic carbocycles. The number of hydrogen-bond acceptors (Lipinski definition) is 2. The molecule has 1 atom stereocenters. The van der Waals surface area contributed by atoms with Crippen LogP contribution >= 0.6 is 0 Å². The predicted molar refractivity (Wildman–Crippen MR) is 43.7 cm³/mol. The maximum Gasteiger partial charge on any atom is 0.366 e. The molecule has 0 fully saturated rings. The van der Waals surface area contributed by atoms with Gasteiger partial charge in [-0.25, -0.2) is 13.6 Å². The molecule has 0 aromatic heterocycles. The molecule has 1 N–H and O–H groups in total. The summed E-state index contributed by atoms with van der Waals surface area (Å²) in [4.78, 5) is 10.0. The first-order valence-electron chi connectivity index (χ1n) is 3.83. The van der Waals surface area contributed by atoms with Crippen LogP contribution in [0.2, 0.25) is 0 Å². The summed E-state index contributed by atoms with van der Waals surface area (Å²) in [6.07, 6.45) is -2.42. The van der Waals surface area contributed by atoms with Gasteiger partial charge >= 0.3 is 5.97 Å². The highest BCUT2D eigenvalue weighted by Gasteiger charge is 2.16. The van der Waals surface area contributed by atoms with Gasteiger partial charge in [0.2, 0.25) is 0 Å². The number of carbonyl (C=O) groups is 1. The molecular formula is C9H8F2O3. The van der Waals surface area contributed by atoms with E-state index >= 15 is 0 Å². The van der Waals surface area contributed by atoms with Crippen molar-refractivity contribution in [3.63, 3.8) is 0 Å². The number of halogens is 2. The normalized spacial score (nSPS) is 12.4. The molecule has 0 heterocycles. The zero-order chi connectivity index (χ0) is 10.6. The lowest BCUT2D eigenvalue weighted by Crippen LogP contribution is -2.18. The minimum atomic E-state index is -2.42. The van der Waals surface area contributed by atoms with Crippen molar-refractivity contribution in [3.8, 4) is 0 Å². The predicted octanol–water partition coefficient (Wildman–Crippen LogP) is 1.72. The molecule has 1 unspecified atom stereocenters. The summed E-state index contributed by atoms with van der Waals surface area (Å²) in [6.45, 7) is -0.403. The third-order valence-electron chi connectivity index (χ3n) is 1.54. The van der Waals surface area contributed by atoms with Crippen molar-refractivity contribution in [1.29, 1.82) is 0 Å². The van der Waals surface area contributed by atoms with E-state index in [9.17, 15) is 13.6 Å².